The van der Waals surface area contributed by atoms with E-state index in [0.29, 0.717) is 0 Å². The second-order valence-corrected chi connectivity index (χ2v) is 4.24. The van der Waals surface area contributed by atoms with E-state index in [1.54, 1.807) is 6.92 Å². The lowest BCUT2D eigenvalue weighted by Crippen LogP contribution is -2.25. The van der Waals surface area contributed by atoms with Gasteiger partial charge in [-0.1, -0.05) is 20.8 Å². The van der Waals surface area contributed by atoms with Gasteiger partial charge in [0.1, 0.15) is 0 Å². The van der Waals surface area contributed by atoms with Crippen LogP contribution in [-0.2, 0) is 0 Å². The summed E-state index contributed by atoms with van der Waals surface area (Å²) in [4.78, 5) is 0. The molecule has 2 unspecified atom stereocenters. The summed E-state index contributed by atoms with van der Waals surface area (Å²) in [6, 6.07) is 0. The Hall–Kier alpha value is -0.0800. The Bertz CT molecular complexity index is 108. The Balaban J connectivity index is 3.83. The fraction of sp³-hybridized carbons (Fsp3) is 1.00. The molecule has 68 valence electrons. The van der Waals surface area contributed by atoms with Gasteiger partial charge in [0.05, 0.1) is 6.10 Å². The Morgan fingerprint density at radius 2 is 1.73 bits per heavy atom. The first-order chi connectivity index (χ1) is 4.89. The number of hydrogen-bond acceptors (Lipinski definition) is 2. The Kier molecular flexibility index (Phi) is 4.04. The van der Waals surface area contributed by atoms with E-state index in [4.69, 9.17) is 5.11 Å². The molecule has 2 atom stereocenters. The maximum absolute atomic E-state index is 9.20. The molecule has 0 aliphatic rings. The molecule has 0 aliphatic heterocycles. The second kappa shape index (κ2) is 4.07. The van der Waals surface area contributed by atoms with Crippen LogP contribution in [0.4, 0.5) is 0 Å². The highest BCUT2D eigenvalue weighted by Gasteiger charge is 2.22. The monoisotopic (exact) mass is 160 g/mol. The zero-order valence-electron chi connectivity index (χ0n) is 7.96. The predicted octanol–water partition coefficient (Wildman–Crippen LogP) is 1.41. The summed E-state index contributed by atoms with van der Waals surface area (Å²) in [6.07, 6.45) is 0.585. The van der Waals surface area contributed by atoms with E-state index in [0.717, 1.165) is 6.42 Å². The van der Waals surface area contributed by atoms with E-state index in [1.165, 1.54) is 0 Å². The maximum atomic E-state index is 9.20. The summed E-state index contributed by atoms with van der Waals surface area (Å²) < 4.78 is 0. The first-order valence-electron chi connectivity index (χ1n) is 4.18. The van der Waals surface area contributed by atoms with E-state index in [9.17, 15) is 5.11 Å². The standard InChI is InChI=1S/C9H20O2/c1-7(8(2)11)5-9(3,4)6-10/h7-8,10-11H,5-6H2,1-4H3. The molecule has 2 nitrogen and oxygen atoms in total. The van der Waals surface area contributed by atoms with Gasteiger partial charge in [-0.05, 0) is 24.7 Å². The quantitative estimate of drug-likeness (QED) is 0.653. The number of aliphatic hydroxyl groups excluding tert-OH is 2. The third kappa shape index (κ3) is 4.38. The van der Waals surface area contributed by atoms with Crippen LogP contribution in [0.25, 0.3) is 0 Å². The molecule has 0 bridgehead atoms. The van der Waals surface area contributed by atoms with Crippen molar-refractivity contribution in [2.45, 2.75) is 40.2 Å². The van der Waals surface area contributed by atoms with Gasteiger partial charge in [0.25, 0.3) is 0 Å². The molecule has 0 saturated heterocycles. The van der Waals surface area contributed by atoms with Gasteiger partial charge in [0.15, 0.2) is 0 Å². The molecular weight excluding hydrogens is 140 g/mol. The minimum atomic E-state index is -0.277. The van der Waals surface area contributed by atoms with Crippen LogP contribution in [0.5, 0.6) is 0 Å². The normalized spacial score (nSPS) is 18.0. The lowest BCUT2D eigenvalue weighted by atomic mass is 9.82. The molecule has 0 aromatic rings. The topological polar surface area (TPSA) is 40.5 Å². The highest BCUT2D eigenvalue weighted by Crippen LogP contribution is 2.25. The van der Waals surface area contributed by atoms with Gasteiger partial charge in [-0.2, -0.15) is 0 Å². The zero-order valence-corrected chi connectivity index (χ0v) is 7.96. The van der Waals surface area contributed by atoms with Crippen molar-refractivity contribution in [1.29, 1.82) is 0 Å². The van der Waals surface area contributed by atoms with Crippen molar-refractivity contribution in [2.24, 2.45) is 11.3 Å². The number of hydrogen-bond donors (Lipinski definition) is 2. The fourth-order valence-electron chi connectivity index (χ4n) is 1.11. The van der Waals surface area contributed by atoms with Crippen molar-refractivity contribution >= 4 is 0 Å². The van der Waals surface area contributed by atoms with Crippen LogP contribution in [0.1, 0.15) is 34.1 Å². The second-order valence-electron chi connectivity index (χ2n) is 4.24. The first kappa shape index (κ1) is 10.9. The summed E-state index contributed by atoms with van der Waals surface area (Å²) >= 11 is 0. The number of rotatable bonds is 4. The summed E-state index contributed by atoms with van der Waals surface area (Å²) in [5.74, 6) is 0.261. The van der Waals surface area contributed by atoms with Gasteiger partial charge in [-0.3, -0.25) is 0 Å². The lowest BCUT2D eigenvalue weighted by Gasteiger charge is -2.26. The molecular formula is C9H20O2. The summed E-state index contributed by atoms with van der Waals surface area (Å²) in [7, 11) is 0. The highest BCUT2D eigenvalue weighted by atomic mass is 16.3. The Morgan fingerprint density at radius 1 is 1.27 bits per heavy atom. The summed E-state index contributed by atoms with van der Waals surface area (Å²) in [6.45, 7) is 7.99. The Labute approximate surface area is 69.2 Å². The number of aliphatic hydroxyl groups is 2. The van der Waals surface area contributed by atoms with E-state index in [-0.39, 0.29) is 24.0 Å². The van der Waals surface area contributed by atoms with Crippen molar-refractivity contribution in [3.63, 3.8) is 0 Å². The van der Waals surface area contributed by atoms with Crippen LogP contribution in [0, 0.1) is 11.3 Å². The van der Waals surface area contributed by atoms with Crippen molar-refractivity contribution in [1.82, 2.24) is 0 Å². The van der Waals surface area contributed by atoms with Gasteiger partial charge in [-0.25, -0.2) is 0 Å². The SMILES string of the molecule is CC(O)C(C)CC(C)(C)CO. The molecule has 11 heavy (non-hydrogen) atoms. The molecule has 2 N–H and O–H groups in total. The highest BCUT2D eigenvalue weighted by molar-refractivity contribution is 4.72. The molecule has 0 radical (unpaired) electrons. The maximum Gasteiger partial charge on any atom is 0.0537 e. The summed E-state index contributed by atoms with van der Waals surface area (Å²) in [5.41, 5.74) is -0.0591. The van der Waals surface area contributed by atoms with E-state index >= 15 is 0 Å². The van der Waals surface area contributed by atoms with E-state index in [1.807, 2.05) is 20.8 Å². The van der Waals surface area contributed by atoms with Crippen LogP contribution in [-0.4, -0.2) is 22.9 Å². The third-order valence-corrected chi connectivity index (χ3v) is 2.13. The molecule has 0 spiro atoms. The molecule has 0 aromatic carbocycles. The van der Waals surface area contributed by atoms with Crippen molar-refractivity contribution in [2.75, 3.05) is 6.61 Å². The van der Waals surface area contributed by atoms with Crippen molar-refractivity contribution < 1.29 is 10.2 Å². The molecule has 0 amide bonds. The third-order valence-electron chi connectivity index (χ3n) is 2.13. The smallest absolute Gasteiger partial charge is 0.0537 e. The fourth-order valence-corrected chi connectivity index (χ4v) is 1.11. The average molecular weight is 160 g/mol. The van der Waals surface area contributed by atoms with Crippen LogP contribution >= 0.6 is 0 Å². The first-order valence-corrected chi connectivity index (χ1v) is 4.18. The zero-order chi connectivity index (χ0) is 9.07. The predicted molar refractivity (Wildman–Crippen MR) is 46.3 cm³/mol. The Morgan fingerprint density at radius 3 is 2.00 bits per heavy atom. The molecule has 0 aliphatic carbocycles. The molecule has 0 fully saturated rings. The molecule has 0 saturated carbocycles. The molecule has 0 aromatic heterocycles. The summed E-state index contributed by atoms with van der Waals surface area (Å²) in [5, 5.41) is 18.1. The molecule has 2 heteroatoms. The average Bonchev–Trinajstić information content (AvgIpc) is 1.87. The van der Waals surface area contributed by atoms with Gasteiger partial charge in [0, 0.05) is 6.61 Å². The lowest BCUT2D eigenvalue weighted by molar-refractivity contribution is 0.0742. The van der Waals surface area contributed by atoms with Crippen molar-refractivity contribution in [3.05, 3.63) is 0 Å². The molecule has 0 rings (SSSR count). The molecule has 0 heterocycles. The van der Waals surface area contributed by atoms with Gasteiger partial charge >= 0.3 is 0 Å². The van der Waals surface area contributed by atoms with Crippen LogP contribution in [0.15, 0.2) is 0 Å². The largest absolute Gasteiger partial charge is 0.396 e. The van der Waals surface area contributed by atoms with Gasteiger partial charge < -0.3 is 10.2 Å². The van der Waals surface area contributed by atoms with Crippen LogP contribution in [0.3, 0.4) is 0 Å². The van der Waals surface area contributed by atoms with Crippen LogP contribution in [0.2, 0.25) is 0 Å². The minimum Gasteiger partial charge on any atom is -0.396 e. The van der Waals surface area contributed by atoms with E-state index in [2.05, 4.69) is 0 Å². The van der Waals surface area contributed by atoms with E-state index < -0.39 is 0 Å². The van der Waals surface area contributed by atoms with Gasteiger partial charge in [-0.15, -0.1) is 0 Å². The van der Waals surface area contributed by atoms with Crippen LogP contribution < -0.4 is 0 Å². The minimum absolute atomic E-state index is 0.0591. The van der Waals surface area contributed by atoms with Crippen molar-refractivity contribution in [3.8, 4) is 0 Å². The van der Waals surface area contributed by atoms with Gasteiger partial charge in [0.2, 0.25) is 0 Å².